The number of nitrogens with zero attached hydrogens (tertiary/aromatic N) is 1. The molecule has 0 spiro atoms. The molecular weight excluding hydrogens is 356 g/mol. The lowest BCUT2D eigenvalue weighted by Crippen LogP contribution is -2.36. The number of imide groups is 1. The maximum Gasteiger partial charge on any atom is 0.293 e. The molecule has 1 aliphatic heterocycles. The number of benzene rings is 1. The zero-order chi connectivity index (χ0) is 15.4. The van der Waals surface area contributed by atoms with Crippen molar-refractivity contribution < 1.29 is 14.4 Å². The number of hydrogen-bond acceptors (Lipinski definition) is 4. The molecule has 1 N–H and O–H groups in total. The third-order valence-corrected chi connectivity index (χ3v) is 4.13. The zero-order valence-electron chi connectivity index (χ0n) is 11.3. The standard InChI is InChI=1S/C14H13BrN2O3S/c1-9(18)16-5-6-17-13(19)12(21-14(17)20)8-10-3-2-4-11(15)7-10/h2-4,7-8H,5-6H2,1H3,(H,16,18). The molecule has 21 heavy (non-hydrogen) atoms. The van der Waals surface area contributed by atoms with E-state index < -0.39 is 0 Å². The summed E-state index contributed by atoms with van der Waals surface area (Å²) in [5.74, 6) is -0.512. The highest BCUT2D eigenvalue weighted by Gasteiger charge is 2.34. The minimum Gasteiger partial charge on any atom is -0.355 e. The van der Waals surface area contributed by atoms with Gasteiger partial charge in [0.2, 0.25) is 5.91 Å². The van der Waals surface area contributed by atoms with Gasteiger partial charge in [-0.25, -0.2) is 0 Å². The number of halogens is 1. The van der Waals surface area contributed by atoms with Gasteiger partial charge < -0.3 is 5.32 Å². The van der Waals surface area contributed by atoms with Gasteiger partial charge in [-0.05, 0) is 35.5 Å². The summed E-state index contributed by atoms with van der Waals surface area (Å²) < 4.78 is 0.904. The molecule has 1 aliphatic rings. The van der Waals surface area contributed by atoms with Crippen LogP contribution in [-0.2, 0) is 9.59 Å². The topological polar surface area (TPSA) is 66.5 Å². The third kappa shape index (κ3) is 4.18. The van der Waals surface area contributed by atoms with Gasteiger partial charge in [-0.3, -0.25) is 19.3 Å². The zero-order valence-corrected chi connectivity index (χ0v) is 13.7. The van der Waals surface area contributed by atoms with Crippen LogP contribution in [0.25, 0.3) is 6.08 Å². The number of thioether (sulfide) groups is 1. The van der Waals surface area contributed by atoms with Crippen LogP contribution in [0.1, 0.15) is 12.5 Å². The average molecular weight is 369 g/mol. The fourth-order valence-electron chi connectivity index (χ4n) is 1.78. The highest BCUT2D eigenvalue weighted by Crippen LogP contribution is 2.32. The van der Waals surface area contributed by atoms with Crippen LogP contribution < -0.4 is 5.32 Å². The van der Waals surface area contributed by atoms with Crippen molar-refractivity contribution in [1.29, 1.82) is 0 Å². The van der Waals surface area contributed by atoms with E-state index in [9.17, 15) is 14.4 Å². The first kappa shape index (κ1) is 15.8. The Morgan fingerprint density at radius 2 is 2.19 bits per heavy atom. The lowest BCUT2D eigenvalue weighted by atomic mass is 10.2. The lowest BCUT2D eigenvalue weighted by molar-refractivity contribution is -0.123. The molecule has 0 atom stereocenters. The van der Waals surface area contributed by atoms with Gasteiger partial charge in [0.1, 0.15) is 0 Å². The van der Waals surface area contributed by atoms with E-state index in [-0.39, 0.29) is 30.1 Å². The Morgan fingerprint density at radius 3 is 2.86 bits per heavy atom. The summed E-state index contributed by atoms with van der Waals surface area (Å²) in [7, 11) is 0. The molecular formula is C14H13BrN2O3S. The van der Waals surface area contributed by atoms with Gasteiger partial charge in [0, 0.05) is 24.5 Å². The summed E-state index contributed by atoms with van der Waals surface area (Å²) >= 11 is 4.27. The molecule has 3 amide bonds. The predicted octanol–water partition coefficient (Wildman–Crippen LogP) is 2.62. The van der Waals surface area contributed by atoms with Gasteiger partial charge in [0.15, 0.2) is 0 Å². The summed E-state index contributed by atoms with van der Waals surface area (Å²) in [4.78, 5) is 36.3. The van der Waals surface area contributed by atoms with Crippen molar-refractivity contribution in [3.63, 3.8) is 0 Å². The number of carbonyl (C=O) groups excluding carboxylic acids is 3. The molecule has 7 heteroatoms. The van der Waals surface area contributed by atoms with Gasteiger partial charge in [0.05, 0.1) is 4.91 Å². The number of hydrogen-bond donors (Lipinski definition) is 1. The van der Waals surface area contributed by atoms with E-state index in [4.69, 9.17) is 0 Å². The van der Waals surface area contributed by atoms with Crippen LogP contribution in [0.3, 0.4) is 0 Å². The van der Waals surface area contributed by atoms with Crippen LogP contribution in [-0.4, -0.2) is 35.0 Å². The van der Waals surface area contributed by atoms with Crippen molar-refractivity contribution in [2.45, 2.75) is 6.92 Å². The van der Waals surface area contributed by atoms with Gasteiger partial charge in [-0.15, -0.1) is 0 Å². The molecule has 110 valence electrons. The smallest absolute Gasteiger partial charge is 0.293 e. The fraction of sp³-hybridized carbons (Fsp3) is 0.214. The van der Waals surface area contributed by atoms with Crippen LogP contribution >= 0.6 is 27.7 Å². The summed E-state index contributed by atoms with van der Waals surface area (Å²) in [6.45, 7) is 1.83. The van der Waals surface area contributed by atoms with Crippen LogP contribution in [0.4, 0.5) is 4.79 Å². The fourth-order valence-corrected chi connectivity index (χ4v) is 3.07. The first-order valence-electron chi connectivity index (χ1n) is 6.23. The quantitative estimate of drug-likeness (QED) is 0.829. The molecule has 1 saturated heterocycles. The first-order chi connectivity index (χ1) is 9.97. The van der Waals surface area contributed by atoms with Gasteiger partial charge in [-0.2, -0.15) is 0 Å². The SMILES string of the molecule is CC(=O)NCCN1C(=O)SC(=Cc2cccc(Br)c2)C1=O. The van der Waals surface area contributed by atoms with Crippen molar-refractivity contribution in [2.24, 2.45) is 0 Å². The summed E-state index contributed by atoms with van der Waals surface area (Å²) in [5, 5.41) is 2.25. The van der Waals surface area contributed by atoms with E-state index in [2.05, 4.69) is 21.2 Å². The minimum atomic E-state index is -0.324. The predicted molar refractivity (Wildman–Crippen MR) is 85.5 cm³/mol. The molecule has 0 bridgehead atoms. The van der Waals surface area contributed by atoms with E-state index in [1.54, 1.807) is 6.08 Å². The maximum atomic E-state index is 12.2. The van der Waals surface area contributed by atoms with Crippen molar-refractivity contribution in [3.05, 3.63) is 39.2 Å². The molecule has 0 aliphatic carbocycles. The molecule has 1 aromatic carbocycles. The van der Waals surface area contributed by atoms with E-state index in [1.807, 2.05) is 24.3 Å². The van der Waals surface area contributed by atoms with Crippen molar-refractivity contribution in [3.8, 4) is 0 Å². The van der Waals surface area contributed by atoms with Crippen LogP contribution in [0, 0.1) is 0 Å². The molecule has 1 aromatic rings. The largest absolute Gasteiger partial charge is 0.355 e. The highest BCUT2D eigenvalue weighted by atomic mass is 79.9. The minimum absolute atomic E-state index is 0.181. The lowest BCUT2D eigenvalue weighted by Gasteiger charge is -2.12. The van der Waals surface area contributed by atoms with Crippen molar-refractivity contribution >= 4 is 50.8 Å². The molecule has 1 heterocycles. The van der Waals surface area contributed by atoms with Crippen molar-refractivity contribution in [2.75, 3.05) is 13.1 Å². The number of carbonyl (C=O) groups is 3. The van der Waals surface area contributed by atoms with Crippen LogP contribution in [0.2, 0.25) is 0 Å². The Hall–Kier alpha value is -1.60. The monoisotopic (exact) mass is 368 g/mol. The molecule has 0 saturated carbocycles. The molecule has 0 radical (unpaired) electrons. The van der Waals surface area contributed by atoms with Crippen LogP contribution in [0.5, 0.6) is 0 Å². The first-order valence-corrected chi connectivity index (χ1v) is 7.83. The van der Waals surface area contributed by atoms with E-state index in [1.165, 1.54) is 6.92 Å². The number of nitrogens with one attached hydrogen (secondary N) is 1. The molecule has 2 rings (SSSR count). The second-order valence-corrected chi connectivity index (χ2v) is 6.28. The Labute approximate surface area is 134 Å². The van der Waals surface area contributed by atoms with E-state index in [0.717, 1.165) is 26.7 Å². The van der Waals surface area contributed by atoms with Crippen molar-refractivity contribution in [1.82, 2.24) is 10.2 Å². The Kier molecular flexibility index (Phi) is 5.19. The third-order valence-electron chi connectivity index (χ3n) is 2.73. The number of rotatable bonds is 4. The second-order valence-electron chi connectivity index (χ2n) is 4.37. The van der Waals surface area contributed by atoms with E-state index >= 15 is 0 Å². The van der Waals surface area contributed by atoms with Gasteiger partial charge >= 0.3 is 0 Å². The summed E-state index contributed by atoms with van der Waals surface area (Å²) in [6.07, 6.45) is 1.69. The maximum absolute atomic E-state index is 12.2. The summed E-state index contributed by atoms with van der Waals surface area (Å²) in [6, 6.07) is 7.47. The van der Waals surface area contributed by atoms with E-state index in [0.29, 0.717) is 4.91 Å². The normalized spacial score (nSPS) is 16.7. The summed E-state index contributed by atoms with van der Waals surface area (Å²) in [5.41, 5.74) is 0.844. The Morgan fingerprint density at radius 1 is 1.43 bits per heavy atom. The highest BCUT2D eigenvalue weighted by molar-refractivity contribution is 9.10. The second kappa shape index (κ2) is 6.91. The molecule has 0 aromatic heterocycles. The number of amides is 3. The Balaban J connectivity index is 2.08. The molecule has 0 unspecified atom stereocenters. The van der Waals surface area contributed by atoms with Gasteiger partial charge in [-0.1, -0.05) is 28.1 Å². The average Bonchev–Trinajstić information content (AvgIpc) is 2.66. The molecule has 5 nitrogen and oxygen atoms in total. The van der Waals surface area contributed by atoms with Gasteiger partial charge in [0.25, 0.3) is 11.1 Å². The van der Waals surface area contributed by atoms with Crippen LogP contribution in [0.15, 0.2) is 33.6 Å². The Bertz CT molecular complexity index is 630. The molecule has 1 fully saturated rings.